The van der Waals surface area contributed by atoms with Gasteiger partial charge in [-0.15, -0.1) is 0 Å². The topological polar surface area (TPSA) is 78.8 Å². The molecule has 0 amide bonds. The molecule has 0 atom stereocenters. The molecule has 3 rings (SSSR count). The van der Waals surface area contributed by atoms with Crippen LogP contribution in [-0.2, 0) is 6.18 Å². The highest BCUT2D eigenvalue weighted by molar-refractivity contribution is 5.79. The molecule has 6 nitrogen and oxygen atoms in total. The maximum Gasteiger partial charge on any atom is 0.450 e. The number of alkyl halides is 3. The minimum Gasteiger partial charge on any atom is -0.494 e. The molecule has 120 valence electrons. The molecule has 0 radical (unpaired) electrons. The Kier molecular flexibility index (Phi) is 3.55. The van der Waals surface area contributed by atoms with Gasteiger partial charge in [0.2, 0.25) is 5.82 Å². The van der Waals surface area contributed by atoms with Gasteiger partial charge in [0.25, 0.3) is 0 Å². The van der Waals surface area contributed by atoms with Crippen LogP contribution in [0.15, 0.2) is 30.6 Å². The van der Waals surface area contributed by atoms with Gasteiger partial charge in [0.1, 0.15) is 11.6 Å². The van der Waals surface area contributed by atoms with Crippen molar-refractivity contribution < 1.29 is 17.9 Å². The van der Waals surface area contributed by atoms with Gasteiger partial charge in [-0.05, 0) is 19.1 Å². The summed E-state index contributed by atoms with van der Waals surface area (Å²) in [6.07, 6.45) is -2.29. The smallest absolute Gasteiger partial charge is 0.450 e. The number of aromatic nitrogens is 4. The van der Waals surface area contributed by atoms with Gasteiger partial charge < -0.3 is 10.5 Å². The summed E-state index contributed by atoms with van der Waals surface area (Å²) in [5, 5.41) is 0. The van der Waals surface area contributed by atoms with Crippen LogP contribution in [0.3, 0.4) is 0 Å². The fourth-order valence-electron chi connectivity index (χ4n) is 2.19. The van der Waals surface area contributed by atoms with Gasteiger partial charge in [-0.2, -0.15) is 13.2 Å². The standard InChI is InChI=1S/C14H12F3N5O/c1-2-23-8-3-4-10-9(5-8)21-13(14(15,16)17)22(10)12-7-19-11(18)6-20-12/h3-7H,2H2,1H3,(H2,18,19). The summed E-state index contributed by atoms with van der Waals surface area (Å²) in [5.41, 5.74) is 5.84. The second-order valence-corrected chi connectivity index (χ2v) is 4.65. The number of imidazole rings is 1. The van der Waals surface area contributed by atoms with Crippen molar-refractivity contribution in [2.45, 2.75) is 13.1 Å². The van der Waals surface area contributed by atoms with Crippen LogP contribution in [0.1, 0.15) is 12.7 Å². The Bertz CT molecular complexity index is 842. The van der Waals surface area contributed by atoms with Crippen LogP contribution in [0, 0.1) is 0 Å². The van der Waals surface area contributed by atoms with Crippen LogP contribution in [-0.4, -0.2) is 26.1 Å². The monoisotopic (exact) mass is 323 g/mol. The van der Waals surface area contributed by atoms with Gasteiger partial charge in [0, 0.05) is 6.07 Å². The van der Waals surface area contributed by atoms with E-state index in [2.05, 4.69) is 15.0 Å². The zero-order valence-corrected chi connectivity index (χ0v) is 12.0. The Labute approximate surface area is 128 Å². The van der Waals surface area contributed by atoms with Crippen molar-refractivity contribution in [3.63, 3.8) is 0 Å². The molecule has 9 heteroatoms. The number of hydrogen-bond acceptors (Lipinski definition) is 5. The summed E-state index contributed by atoms with van der Waals surface area (Å²) < 4.78 is 46.1. The fourth-order valence-corrected chi connectivity index (χ4v) is 2.19. The fraction of sp³-hybridized carbons (Fsp3) is 0.214. The average molecular weight is 323 g/mol. The lowest BCUT2D eigenvalue weighted by atomic mass is 10.3. The predicted octanol–water partition coefficient (Wildman–Crippen LogP) is 2.82. The van der Waals surface area contributed by atoms with Crippen LogP contribution in [0.5, 0.6) is 5.75 Å². The first-order chi connectivity index (χ1) is 10.9. The largest absolute Gasteiger partial charge is 0.494 e. The predicted molar refractivity (Wildman–Crippen MR) is 77.2 cm³/mol. The van der Waals surface area contributed by atoms with E-state index in [1.165, 1.54) is 24.5 Å². The van der Waals surface area contributed by atoms with Crippen molar-refractivity contribution in [3.05, 3.63) is 36.4 Å². The first-order valence-electron chi connectivity index (χ1n) is 6.70. The average Bonchev–Trinajstić information content (AvgIpc) is 2.87. The highest BCUT2D eigenvalue weighted by Crippen LogP contribution is 2.34. The summed E-state index contributed by atoms with van der Waals surface area (Å²) in [6, 6.07) is 4.53. The van der Waals surface area contributed by atoms with Crippen molar-refractivity contribution in [1.82, 2.24) is 19.5 Å². The molecule has 0 bridgehead atoms. The highest BCUT2D eigenvalue weighted by atomic mass is 19.4. The molecule has 2 N–H and O–H groups in total. The third-order valence-corrected chi connectivity index (χ3v) is 3.08. The molecule has 23 heavy (non-hydrogen) atoms. The van der Waals surface area contributed by atoms with Crippen molar-refractivity contribution >= 4 is 16.9 Å². The third kappa shape index (κ3) is 2.77. The van der Waals surface area contributed by atoms with Crippen LogP contribution in [0.2, 0.25) is 0 Å². The normalized spacial score (nSPS) is 11.8. The number of hydrogen-bond donors (Lipinski definition) is 1. The van der Waals surface area contributed by atoms with E-state index < -0.39 is 12.0 Å². The van der Waals surface area contributed by atoms with Gasteiger partial charge in [-0.25, -0.2) is 15.0 Å². The minimum absolute atomic E-state index is 0.0156. The van der Waals surface area contributed by atoms with E-state index in [0.29, 0.717) is 12.4 Å². The Hall–Kier alpha value is -2.84. The quantitative estimate of drug-likeness (QED) is 0.802. The number of benzene rings is 1. The molecule has 2 heterocycles. The molecule has 0 saturated carbocycles. The maximum absolute atomic E-state index is 13.3. The minimum atomic E-state index is -4.64. The maximum atomic E-state index is 13.3. The van der Waals surface area contributed by atoms with Crippen LogP contribution in [0.4, 0.5) is 19.0 Å². The van der Waals surface area contributed by atoms with E-state index in [1.807, 2.05) is 0 Å². The van der Waals surface area contributed by atoms with E-state index >= 15 is 0 Å². The van der Waals surface area contributed by atoms with Crippen molar-refractivity contribution in [2.75, 3.05) is 12.3 Å². The van der Waals surface area contributed by atoms with E-state index in [0.717, 1.165) is 4.57 Å². The van der Waals surface area contributed by atoms with Gasteiger partial charge in [-0.3, -0.25) is 4.57 Å². The van der Waals surface area contributed by atoms with E-state index in [4.69, 9.17) is 10.5 Å². The molecule has 0 saturated heterocycles. The lowest BCUT2D eigenvalue weighted by molar-refractivity contribution is -0.145. The Morgan fingerprint density at radius 1 is 1.22 bits per heavy atom. The van der Waals surface area contributed by atoms with E-state index in [9.17, 15) is 13.2 Å². The summed E-state index contributed by atoms with van der Waals surface area (Å²) in [7, 11) is 0. The highest BCUT2D eigenvalue weighted by Gasteiger charge is 2.38. The Balaban J connectivity index is 2.26. The van der Waals surface area contributed by atoms with Crippen LogP contribution < -0.4 is 10.5 Å². The SMILES string of the molecule is CCOc1ccc2c(c1)nc(C(F)(F)F)n2-c1cnc(N)cn1. The van der Waals surface area contributed by atoms with Gasteiger partial charge >= 0.3 is 6.18 Å². The van der Waals surface area contributed by atoms with E-state index in [-0.39, 0.29) is 22.7 Å². The lowest BCUT2D eigenvalue weighted by Gasteiger charge is -2.10. The number of rotatable bonds is 3. The number of nitrogens with zero attached hydrogens (tertiary/aromatic N) is 4. The van der Waals surface area contributed by atoms with Gasteiger partial charge in [0.15, 0.2) is 5.82 Å². The number of anilines is 1. The van der Waals surface area contributed by atoms with Crippen LogP contribution in [0.25, 0.3) is 16.9 Å². The summed E-state index contributed by atoms with van der Waals surface area (Å²) in [5.74, 6) is -0.537. The zero-order valence-electron chi connectivity index (χ0n) is 12.0. The molecule has 0 aliphatic carbocycles. The molecule has 0 aliphatic rings. The number of fused-ring (bicyclic) bond motifs is 1. The van der Waals surface area contributed by atoms with Crippen molar-refractivity contribution in [2.24, 2.45) is 0 Å². The molecule has 0 fully saturated rings. The molecule has 1 aromatic carbocycles. The Morgan fingerprint density at radius 3 is 2.61 bits per heavy atom. The second kappa shape index (κ2) is 5.41. The first kappa shape index (κ1) is 15.1. The number of ether oxygens (including phenoxy) is 1. The first-order valence-corrected chi connectivity index (χ1v) is 6.70. The number of nitrogens with two attached hydrogens (primary N) is 1. The summed E-state index contributed by atoms with van der Waals surface area (Å²) in [6.45, 7) is 2.19. The van der Waals surface area contributed by atoms with Crippen molar-refractivity contribution in [1.29, 1.82) is 0 Å². The third-order valence-electron chi connectivity index (χ3n) is 3.08. The van der Waals surface area contributed by atoms with E-state index in [1.54, 1.807) is 13.0 Å². The van der Waals surface area contributed by atoms with Crippen LogP contribution >= 0.6 is 0 Å². The molecular weight excluding hydrogens is 311 g/mol. The van der Waals surface area contributed by atoms with Gasteiger partial charge in [0.05, 0.1) is 30.0 Å². The molecule has 2 aromatic heterocycles. The number of halogens is 3. The van der Waals surface area contributed by atoms with Gasteiger partial charge in [-0.1, -0.05) is 0 Å². The molecule has 0 aliphatic heterocycles. The zero-order chi connectivity index (χ0) is 16.6. The Morgan fingerprint density at radius 2 is 2.00 bits per heavy atom. The number of nitrogen functional groups attached to an aromatic ring is 1. The summed E-state index contributed by atoms with van der Waals surface area (Å²) in [4.78, 5) is 11.4. The molecule has 0 unspecified atom stereocenters. The van der Waals surface area contributed by atoms with Crippen molar-refractivity contribution in [3.8, 4) is 11.6 Å². The second-order valence-electron chi connectivity index (χ2n) is 4.65. The summed E-state index contributed by atoms with van der Waals surface area (Å²) >= 11 is 0. The molecular formula is C14H12F3N5O. The lowest BCUT2D eigenvalue weighted by Crippen LogP contribution is -2.15. The molecule has 3 aromatic rings. The molecule has 0 spiro atoms.